The van der Waals surface area contributed by atoms with Crippen LogP contribution in [0.15, 0.2) is 34.2 Å². The zero-order chi connectivity index (χ0) is 10.8. The fourth-order valence-electron chi connectivity index (χ4n) is 1.40. The minimum absolute atomic E-state index is 0.0288. The quantitative estimate of drug-likeness (QED) is 0.770. The lowest BCUT2D eigenvalue weighted by atomic mass is 10.2. The standard InChI is InChI=1S/C11H12N2OS/c1-7-11(14)13-10(12-7)8-3-5-9(15-2)6-4-8/h3-7H,1-2H3,(H,12,13,14). The molecule has 3 nitrogen and oxygen atoms in total. The SMILES string of the molecule is CSc1ccc(C2=NC(C)C(=O)N2)cc1. The number of nitrogens with zero attached hydrogens (tertiary/aromatic N) is 1. The molecule has 0 radical (unpaired) electrons. The van der Waals surface area contributed by atoms with E-state index in [9.17, 15) is 4.79 Å². The molecule has 1 aromatic carbocycles. The fraction of sp³-hybridized carbons (Fsp3) is 0.273. The summed E-state index contributed by atoms with van der Waals surface area (Å²) in [6.45, 7) is 1.79. The summed E-state index contributed by atoms with van der Waals surface area (Å²) >= 11 is 1.69. The highest BCUT2D eigenvalue weighted by molar-refractivity contribution is 7.98. The Kier molecular flexibility index (Phi) is 2.77. The lowest BCUT2D eigenvalue weighted by Gasteiger charge is -2.01. The summed E-state index contributed by atoms with van der Waals surface area (Å²) in [7, 11) is 0. The Labute approximate surface area is 93.0 Å². The number of amides is 1. The van der Waals surface area contributed by atoms with E-state index in [2.05, 4.69) is 10.3 Å². The maximum atomic E-state index is 11.3. The highest BCUT2D eigenvalue weighted by Gasteiger charge is 2.22. The maximum Gasteiger partial charge on any atom is 0.250 e. The van der Waals surface area contributed by atoms with Gasteiger partial charge in [0.25, 0.3) is 0 Å². The molecule has 0 spiro atoms. The van der Waals surface area contributed by atoms with Gasteiger partial charge in [-0.3, -0.25) is 9.79 Å². The first kappa shape index (κ1) is 10.2. The normalized spacial score (nSPS) is 20.0. The molecule has 0 saturated carbocycles. The first-order valence-electron chi connectivity index (χ1n) is 4.74. The highest BCUT2D eigenvalue weighted by atomic mass is 32.2. The smallest absolute Gasteiger partial charge is 0.250 e. The second kappa shape index (κ2) is 4.06. The average molecular weight is 220 g/mol. The summed E-state index contributed by atoms with van der Waals surface area (Å²) in [6, 6.07) is 7.74. The highest BCUT2D eigenvalue weighted by Crippen LogP contribution is 2.16. The van der Waals surface area contributed by atoms with E-state index < -0.39 is 0 Å². The van der Waals surface area contributed by atoms with E-state index in [0.29, 0.717) is 5.84 Å². The van der Waals surface area contributed by atoms with Crippen LogP contribution in [0.4, 0.5) is 0 Å². The third-order valence-corrected chi connectivity index (χ3v) is 3.05. The number of aliphatic imine (C=N–C) groups is 1. The van der Waals surface area contributed by atoms with Crippen molar-refractivity contribution in [3.05, 3.63) is 29.8 Å². The monoisotopic (exact) mass is 220 g/mol. The van der Waals surface area contributed by atoms with Crippen molar-refractivity contribution in [2.45, 2.75) is 17.9 Å². The van der Waals surface area contributed by atoms with Crippen molar-refractivity contribution >= 4 is 23.5 Å². The number of rotatable bonds is 2. The van der Waals surface area contributed by atoms with E-state index in [4.69, 9.17) is 0 Å². The minimum Gasteiger partial charge on any atom is -0.309 e. The van der Waals surface area contributed by atoms with Crippen LogP contribution in [0.2, 0.25) is 0 Å². The van der Waals surface area contributed by atoms with Crippen molar-refractivity contribution in [2.24, 2.45) is 4.99 Å². The first-order valence-corrected chi connectivity index (χ1v) is 5.96. The molecule has 1 aliphatic rings. The van der Waals surface area contributed by atoms with Gasteiger partial charge in [0.15, 0.2) is 0 Å². The Hall–Kier alpha value is -1.29. The molecule has 15 heavy (non-hydrogen) atoms. The van der Waals surface area contributed by atoms with Gasteiger partial charge in [-0.1, -0.05) is 12.1 Å². The second-order valence-electron chi connectivity index (χ2n) is 3.37. The summed E-state index contributed by atoms with van der Waals surface area (Å²) in [6.07, 6.45) is 2.03. The Bertz CT molecular complexity index is 411. The predicted molar refractivity (Wildman–Crippen MR) is 62.4 cm³/mol. The van der Waals surface area contributed by atoms with Crippen LogP contribution in [0.25, 0.3) is 0 Å². The largest absolute Gasteiger partial charge is 0.309 e. The molecule has 0 saturated heterocycles. The van der Waals surface area contributed by atoms with Crippen LogP contribution in [-0.2, 0) is 4.79 Å². The zero-order valence-corrected chi connectivity index (χ0v) is 9.47. The van der Waals surface area contributed by atoms with Gasteiger partial charge in [0.2, 0.25) is 5.91 Å². The zero-order valence-electron chi connectivity index (χ0n) is 8.65. The molecule has 0 bridgehead atoms. The van der Waals surface area contributed by atoms with E-state index in [1.807, 2.05) is 30.5 Å². The van der Waals surface area contributed by atoms with Crippen LogP contribution in [0.5, 0.6) is 0 Å². The number of benzene rings is 1. The molecular formula is C11H12N2OS. The Morgan fingerprint density at radius 2 is 2.00 bits per heavy atom. The summed E-state index contributed by atoms with van der Waals surface area (Å²) in [5.74, 6) is 0.652. The average Bonchev–Trinajstić information content (AvgIpc) is 2.59. The number of hydrogen-bond acceptors (Lipinski definition) is 3. The van der Waals surface area contributed by atoms with Crippen molar-refractivity contribution in [1.82, 2.24) is 5.32 Å². The second-order valence-corrected chi connectivity index (χ2v) is 4.25. The van der Waals surface area contributed by atoms with Crippen molar-refractivity contribution in [2.75, 3.05) is 6.26 Å². The van der Waals surface area contributed by atoms with Crippen molar-refractivity contribution in [1.29, 1.82) is 0 Å². The predicted octanol–water partition coefficient (Wildman–Crippen LogP) is 1.67. The lowest BCUT2D eigenvalue weighted by Crippen LogP contribution is -2.27. The van der Waals surface area contributed by atoms with Crippen LogP contribution >= 0.6 is 11.8 Å². The van der Waals surface area contributed by atoms with E-state index in [0.717, 1.165) is 5.56 Å². The molecule has 1 amide bonds. The maximum absolute atomic E-state index is 11.3. The van der Waals surface area contributed by atoms with Crippen LogP contribution in [0.3, 0.4) is 0 Å². The molecule has 4 heteroatoms. The molecule has 1 heterocycles. The Morgan fingerprint density at radius 3 is 2.47 bits per heavy atom. The van der Waals surface area contributed by atoms with Gasteiger partial charge in [0.1, 0.15) is 11.9 Å². The number of nitrogens with one attached hydrogen (secondary N) is 1. The molecule has 1 aromatic rings. The molecule has 0 aromatic heterocycles. The van der Waals surface area contributed by atoms with E-state index in [-0.39, 0.29) is 11.9 Å². The van der Waals surface area contributed by atoms with E-state index in [1.54, 1.807) is 18.7 Å². The third-order valence-electron chi connectivity index (χ3n) is 2.31. The molecule has 1 unspecified atom stereocenters. The van der Waals surface area contributed by atoms with Crippen LogP contribution in [0.1, 0.15) is 12.5 Å². The van der Waals surface area contributed by atoms with Gasteiger partial charge in [-0.25, -0.2) is 0 Å². The molecule has 78 valence electrons. The van der Waals surface area contributed by atoms with Gasteiger partial charge in [0.05, 0.1) is 0 Å². The summed E-state index contributed by atoms with van der Waals surface area (Å²) < 4.78 is 0. The molecule has 1 aliphatic heterocycles. The van der Waals surface area contributed by atoms with Gasteiger partial charge in [-0.2, -0.15) is 0 Å². The van der Waals surface area contributed by atoms with Crippen LogP contribution in [-0.4, -0.2) is 24.0 Å². The molecule has 0 aliphatic carbocycles. The molecular weight excluding hydrogens is 208 g/mol. The number of hydrogen-bond donors (Lipinski definition) is 1. The fourth-order valence-corrected chi connectivity index (χ4v) is 1.81. The van der Waals surface area contributed by atoms with Gasteiger partial charge < -0.3 is 5.32 Å². The topological polar surface area (TPSA) is 41.5 Å². The van der Waals surface area contributed by atoms with Crippen molar-refractivity contribution in [3.63, 3.8) is 0 Å². The van der Waals surface area contributed by atoms with Crippen LogP contribution < -0.4 is 5.32 Å². The summed E-state index contributed by atoms with van der Waals surface area (Å²) in [5, 5.41) is 2.76. The van der Waals surface area contributed by atoms with Crippen LogP contribution in [0, 0.1) is 0 Å². The number of amidine groups is 1. The molecule has 1 atom stereocenters. The van der Waals surface area contributed by atoms with E-state index in [1.165, 1.54) is 4.90 Å². The summed E-state index contributed by atoms with van der Waals surface area (Å²) in [4.78, 5) is 16.7. The first-order chi connectivity index (χ1) is 7.20. The molecule has 0 fully saturated rings. The van der Waals surface area contributed by atoms with Gasteiger partial charge in [-0.05, 0) is 25.3 Å². The third kappa shape index (κ3) is 2.04. The van der Waals surface area contributed by atoms with Gasteiger partial charge >= 0.3 is 0 Å². The molecule has 2 rings (SSSR count). The number of carbonyl (C=O) groups excluding carboxylic acids is 1. The van der Waals surface area contributed by atoms with Crippen molar-refractivity contribution in [3.8, 4) is 0 Å². The number of thioether (sulfide) groups is 1. The lowest BCUT2D eigenvalue weighted by molar-refractivity contribution is -0.119. The van der Waals surface area contributed by atoms with Gasteiger partial charge in [-0.15, -0.1) is 11.8 Å². The minimum atomic E-state index is -0.264. The Morgan fingerprint density at radius 1 is 1.33 bits per heavy atom. The Balaban J connectivity index is 2.24. The number of carbonyl (C=O) groups is 1. The van der Waals surface area contributed by atoms with Gasteiger partial charge in [0, 0.05) is 10.5 Å². The van der Waals surface area contributed by atoms with E-state index >= 15 is 0 Å². The molecule has 1 N–H and O–H groups in total. The van der Waals surface area contributed by atoms with Crippen molar-refractivity contribution < 1.29 is 4.79 Å². The summed E-state index contributed by atoms with van der Waals surface area (Å²) in [5.41, 5.74) is 0.963.